The summed E-state index contributed by atoms with van der Waals surface area (Å²) < 4.78 is 7.10. The predicted molar refractivity (Wildman–Crippen MR) is 80.4 cm³/mol. The van der Waals surface area contributed by atoms with Gasteiger partial charge in [-0.15, -0.1) is 10.2 Å². The first-order valence-corrected chi connectivity index (χ1v) is 7.28. The Hall–Kier alpha value is -1.88. The highest BCUT2D eigenvalue weighted by atomic mass is 35.5. The van der Waals surface area contributed by atoms with Crippen molar-refractivity contribution < 1.29 is 9.53 Å². The number of carbonyl (C=O) groups is 1. The predicted octanol–water partition coefficient (Wildman–Crippen LogP) is 2.95. The van der Waals surface area contributed by atoms with Crippen molar-refractivity contribution in [3.63, 3.8) is 0 Å². The second kappa shape index (κ2) is 6.72. The third-order valence-corrected chi connectivity index (χ3v) is 3.48. The van der Waals surface area contributed by atoms with Gasteiger partial charge in [-0.3, -0.25) is 4.79 Å². The average Bonchev–Trinajstić information content (AvgIpc) is 2.80. The molecule has 112 valence electrons. The van der Waals surface area contributed by atoms with Crippen LogP contribution in [-0.4, -0.2) is 27.3 Å². The van der Waals surface area contributed by atoms with Gasteiger partial charge in [-0.25, -0.2) is 0 Å². The van der Waals surface area contributed by atoms with Crippen molar-refractivity contribution in [3.8, 4) is 0 Å². The second-order valence-corrected chi connectivity index (χ2v) is 5.03. The molecule has 0 fully saturated rings. The summed E-state index contributed by atoms with van der Waals surface area (Å²) >= 11 is 6.04. The zero-order valence-electron chi connectivity index (χ0n) is 12.3. The monoisotopic (exact) mass is 307 g/mol. The van der Waals surface area contributed by atoms with Crippen LogP contribution in [0, 0.1) is 6.92 Å². The van der Waals surface area contributed by atoms with Crippen LogP contribution in [0.25, 0.3) is 0 Å². The van der Waals surface area contributed by atoms with Crippen LogP contribution in [0.15, 0.2) is 24.3 Å². The van der Waals surface area contributed by atoms with Gasteiger partial charge in [0.05, 0.1) is 6.61 Å². The van der Waals surface area contributed by atoms with E-state index in [2.05, 4.69) is 10.2 Å². The Labute approximate surface area is 128 Å². The van der Waals surface area contributed by atoms with Crippen LogP contribution in [0.5, 0.6) is 0 Å². The van der Waals surface area contributed by atoms with E-state index >= 15 is 0 Å². The molecule has 1 aromatic carbocycles. The number of nitrogens with zero attached hydrogens (tertiary/aromatic N) is 3. The molecule has 0 saturated heterocycles. The van der Waals surface area contributed by atoms with Crippen molar-refractivity contribution in [2.75, 3.05) is 6.61 Å². The number of hydrogen-bond acceptors (Lipinski definition) is 4. The van der Waals surface area contributed by atoms with Gasteiger partial charge in [0.25, 0.3) is 0 Å². The maximum Gasteiger partial charge on any atom is 0.321 e. The van der Waals surface area contributed by atoms with Gasteiger partial charge in [-0.1, -0.05) is 23.7 Å². The first-order chi connectivity index (χ1) is 10.1. The first-order valence-electron chi connectivity index (χ1n) is 6.90. The Morgan fingerprint density at radius 3 is 2.76 bits per heavy atom. The number of aromatic nitrogens is 3. The third kappa shape index (κ3) is 3.24. The Balaban J connectivity index is 2.53. The highest BCUT2D eigenvalue weighted by Gasteiger charge is 2.29. The summed E-state index contributed by atoms with van der Waals surface area (Å²) in [6.45, 7) is 6.63. The molecule has 2 aromatic rings. The van der Waals surface area contributed by atoms with E-state index in [1.807, 2.05) is 30.5 Å². The maximum absolute atomic E-state index is 12.4. The Morgan fingerprint density at radius 2 is 2.14 bits per heavy atom. The molecule has 0 spiro atoms. The number of hydrogen-bond donors (Lipinski definition) is 0. The average molecular weight is 308 g/mol. The summed E-state index contributed by atoms with van der Waals surface area (Å²) in [6.07, 6.45) is 0. The molecular weight excluding hydrogens is 290 g/mol. The van der Waals surface area contributed by atoms with E-state index in [-0.39, 0.29) is 5.97 Å². The van der Waals surface area contributed by atoms with Gasteiger partial charge in [-0.2, -0.15) is 0 Å². The smallest absolute Gasteiger partial charge is 0.321 e. The first kappa shape index (κ1) is 15.5. The largest absolute Gasteiger partial charge is 0.465 e. The maximum atomic E-state index is 12.4. The van der Waals surface area contributed by atoms with Gasteiger partial charge >= 0.3 is 5.97 Å². The lowest BCUT2D eigenvalue weighted by atomic mass is 9.98. The van der Waals surface area contributed by atoms with Crippen LogP contribution in [0.2, 0.25) is 5.02 Å². The molecule has 5 nitrogen and oxygen atoms in total. The minimum Gasteiger partial charge on any atom is -0.465 e. The van der Waals surface area contributed by atoms with Gasteiger partial charge in [-0.05, 0) is 38.5 Å². The molecule has 21 heavy (non-hydrogen) atoms. The highest BCUT2D eigenvalue weighted by molar-refractivity contribution is 6.30. The van der Waals surface area contributed by atoms with E-state index in [0.717, 1.165) is 11.4 Å². The molecular formula is C15H18ClN3O2. The molecule has 2 rings (SSSR count). The zero-order valence-corrected chi connectivity index (χ0v) is 13.1. The molecule has 0 bridgehead atoms. The van der Waals surface area contributed by atoms with Crippen molar-refractivity contribution in [1.29, 1.82) is 0 Å². The van der Waals surface area contributed by atoms with Gasteiger partial charge in [0.2, 0.25) is 0 Å². The molecule has 0 aliphatic heterocycles. The van der Waals surface area contributed by atoms with E-state index < -0.39 is 5.92 Å². The summed E-state index contributed by atoms with van der Waals surface area (Å²) in [5.74, 6) is 0.381. The molecule has 0 N–H and O–H groups in total. The van der Waals surface area contributed by atoms with Crippen molar-refractivity contribution in [1.82, 2.24) is 14.8 Å². The van der Waals surface area contributed by atoms with E-state index in [9.17, 15) is 4.79 Å². The molecule has 1 atom stereocenters. The van der Waals surface area contributed by atoms with Crippen LogP contribution in [-0.2, 0) is 16.1 Å². The Bertz CT molecular complexity index is 640. The molecule has 1 aromatic heterocycles. The molecule has 0 radical (unpaired) electrons. The molecule has 1 unspecified atom stereocenters. The summed E-state index contributed by atoms with van der Waals surface area (Å²) in [4.78, 5) is 12.4. The fraction of sp³-hybridized carbons (Fsp3) is 0.400. The van der Waals surface area contributed by atoms with E-state index in [4.69, 9.17) is 16.3 Å². The van der Waals surface area contributed by atoms with Gasteiger partial charge in [0.1, 0.15) is 11.7 Å². The SMILES string of the molecule is CCOC(=O)C(c1cccc(Cl)c1)c1nnc(C)n1CC. The van der Waals surface area contributed by atoms with Gasteiger partial charge in [0, 0.05) is 11.6 Å². The van der Waals surface area contributed by atoms with Crippen LogP contribution >= 0.6 is 11.6 Å². The molecule has 6 heteroatoms. The molecule has 0 amide bonds. The molecule has 0 aliphatic rings. The molecule has 0 saturated carbocycles. The van der Waals surface area contributed by atoms with Gasteiger partial charge in [0.15, 0.2) is 5.82 Å². The topological polar surface area (TPSA) is 57.0 Å². The summed E-state index contributed by atoms with van der Waals surface area (Å²) in [7, 11) is 0. The van der Waals surface area contributed by atoms with Crippen molar-refractivity contribution in [3.05, 3.63) is 46.5 Å². The minimum absolute atomic E-state index is 0.315. The number of aryl methyl sites for hydroxylation is 1. The Morgan fingerprint density at radius 1 is 1.38 bits per heavy atom. The number of esters is 1. The number of rotatable bonds is 5. The van der Waals surface area contributed by atoms with Crippen LogP contribution in [0.3, 0.4) is 0 Å². The quantitative estimate of drug-likeness (QED) is 0.797. The molecule has 0 aliphatic carbocycles. The normalized spacial score (nSPS) is 12.2. The highest BCUT2D eigenvalue weighted by Crippen LogP contribution is 2.27. The zero-order chi connectivity index (χ0) is 15.4. The van der Waals surface area contributed by atoms with E-state index in [1.54, 1.807) is 19.1 Å². The number of benzene rings is 1. The number of carbonyl (C=O) groups excluding carboxylic acids is 1. The van der Waals surface area contributed by atoms with Gasteiger partial charge < -0.3 is 9.30 Å². The third-order valence-electron chi connectivity index (χ3n) is 3.24. The fourth-order valence-corrected chi connectivity index (χ4v) is 2.50. The van der Waals surface area contributed by atoms with Crippen LogP contribution in [0.4, 0.5) is 0 Å². The summed E-state index contributed by atoms with van der Waals surface area (Å²) in [5.41, 5.74) is 0.753. The number of halogens is 1. The van der Waals surface area contributed by atoms with Crippen molar-refractivity contribution >= 4 is 17.6 Å². The van der Waals surface area contributed by atoms with Crippen LogP contribution < -0.4 is 0 Å². The van der Waals surface area contributed by atoms with E-state index in [0.29, 0.717) is 24.0 Å². The van der Waals surface area contributed by atoms with Crippen molar-refractivity contribution in [2.45, 2.75) is 33.2 Å². The standard InChI is InChI=1S/C15H18ClN3O2/c1-4-19-10(3)17-18-14(19)13(15(20)21-5-2)11-7-6-8-12(16)9-11/h6-9,13H,4-5H2,1-3H3. The summed E-state index contributed by atoms with van der Waals surface area (Å²) in [5, 5.41) is 8.81. The minimum atomic E-state index is -0.621. The summed E-state index contributed by atoms with van der Waals surface area (Å²) in [6, 6.07) is 7.18. The van der Waals surface area contributed by atoms with Crippen molar-refractivity contribution in [2.24, 2.45) is 0 Å². The fourth-order valence-electron chi connectivity index (χ4n) is 2.30. The lowest BCUT2D eigenvalue weighted by Crippen LogP contribution is -2.21. The second-order valence-electron chi connectivity index (χ2n) is 4.59. The van der Waals surface area contributed by atoms with E-state index in [1.165, 1.54) is 0 Å². The molecule has 1 heterocycles. The number of ether oxygens (including phenoxy) is 1. The lowest BCUT2D eigenvalue weighted by molar-refractivity contribution is -0.144. The Kier molecular flexibility index (Phi) is 4.96. The lowest BCUT2D eigenvalue weighted by Gasteiger charge is -2.16. The van der Waals surface area contributed by atoms with Crippen LogP contribution in [0.1, 0.15) is 37.0 Å².